The van der Waals surface area contributed by atoms with E-state index in [1.165, 1.54) is 12.8 Å². The zero-order valence-electron chi connectivity index (χ0n) is 13.6. The van der Waals surface area contributed by atoms with E-state index in [1.807, 2.05) is 4.90 Å². The van der Waals surface area contributed by atoms with Gasteiger partial charge in [0.1, 0.15) is 0 Å². The number of carboxylic acid groups (broad SMARTS) is 1. The van der Waals surface area contributed by atoms with Crippen molar-refractivity contribution in [1.29, 1.82) is 0 Å². The van der Waals surface area contributed by atoms with Crippen LogP contribution in [0, 0.1) is 17.8 Å². The van der Waals surface area contributed by atoms with E-state index >= 15 is 0 Å². The Labute approximate surface area is 128 Å². The number of hydrogen-bond acceptors (Lipinski definition) is 2. The Hall–Kier alpha value is -1.26. The molecule has 0 bridgehead atoms. The summed E-state index contributed by atoms with van der Waals surface area (Å²) in [5, 5.41) is 11.9. The smallest absolute Gasteiger partial charge is 0.317 e. The van der Waals surface area contributed by atoms with E-state index < -0.39 is 5.97 Å². The molecule has 0 aromatic heterocycles. The van der Waals surface area contributed by atoms with Crippen LogP contribution in [0.2, 0.25) is 0 Å². The maximum atomic E-state index is 12.2. The standard InChI is InChI=1S/C16H30N2O3/c1-4-7-18(11-13-5-6-13)16(21)17-10-14(8-12(2)3)9-15(19)20/h12-14H,4-11H2,1-3H3,(H,17,21)(H,19,20)/t14-/m0/s1. The van der Waals surface area contributed by atoms with Crippen molar-refractivity contribution in [3.05, 3.63) is 0 Å². The Morgan fingerprint density at radius 3 is 2.48 bits per heavy atom. The van der Waals surface area contributed by atoms with E-state index in [-0.39, 0.29) is 18.4 Å². The topological polar surface area (TPSA) is 69.6 Å². The number of urea groups is 1. The van der Waals surface area contributed by atoms with Gasteiger partial charge in [0, 0.05) is 26.1 Å². The van der Waals surface area contributed by atoms with Gasteiger partial charge in [0.05, 0.1) is 0 Å². The average molecular weight is 298 g/mol. The van der Waals surface area contributed by atoms with Crippen molar-refractivity contribution >= 4 is 12.0 Å². The number of carboxylic acids is 1. The van der Waals surface area contributed by atoms with Crippen molar-refractivity contribution in [2.24, 2.45) is 17.8 Å². The molecule has 0 radical (unpaired) electrons. The summed E-state index contributed by atoms with van der Waals surface area (Å²) in [5.41, 5.74) is 0. The Bertz CT molecular complexity index is 340. The van der Waals surface area contributed by atoms with E-state index in [2.05, 4.69) is 26.1 Å². The average Bonchev–Trinajstić information content (AvgIpc) is 3.17. The molecule has 2 N–H and O–H groups in total. The molecule has 0 aromatic carbocycles. The Morgan fingerprint density at radius 2 is 2.00 bits per heavy atom. The minimum atomic E-state index is -0.793. The summed E-state index contributed by atoms with van der Waals surface area (Å²) in [6.45, 7) is 8.29. The normalized spacial score (nSPS) is 15.8. The Morgan fingerprint density at radius 1 is 1.33 bits per heavy atom. The first-order chi connectivity index (χ1) is 9.92. The van der Waals surface area contributed by atoms with Crippen LogP contribution >= 0.6 is 0 Å². The highest BCUT2D eigenvalue weighted by Gasteiger charge is 2.26. The van der Waals surface area contributed by atoms with Crippen LogP contribution in [0.25, 0.3) is 0 Å². The molecule has 5 heteroatoms. The molecule has 122 valence electrons. The van der Waals surface area contributed by atoms with Crippen LogP contribution in [0.3, 0.4) is 0 Å². The van der Waals surface area contributed by atoms with E-state index in [0.717, 1.165) is 25.9 Å². The highest BCUT2D eigenvalue weighted by molar-refractivity contribution is 5.74. The van der Waals surface area contributed by atoms with Crippen LogP contribution in [0.5, 0.6) is 0 Å². The Kier molecular flexibility index (Phi) is 7.54. The molecule has 1 aliphatic carbocycles. The summed E-state index contributed by atoms with van der Waals surface area (Å²) in [6, 6.07) is -0.0390. The van der Waals surface area contributed by atoms with Crippen molar-refractivity contribution < 1.29 is 14.7 Å². The minimum absolute atomic E-state index is 0.0100. The van der Waals surface area contributed by atoms with Gasteiger partial charge in [-0.1, -0.05) is 20.8 Å². The van der Waals surface area contributed by atoms with Crippen LogP contribution in [-0.2, 0) is 4.79 Å². The van der Waals surface area contributed by atoms with Crippen molar-refractivity contribution in [3.63, 3.8) is 0 Å². The van der Waals surface area contributed by atoms with Gasteiger partial charge < -0.3 is 15.3 Å². The number of aliphatic carboxylic acids is 1. The lowest BCUT2D eigenvalue weighted by molar-refractivity contribution is -0.138. The van der Waals surface area contributed by atoms with Crippen LogP contribution in [-0.4, -0.2) is 41.6 Å². The maximum absolute atomic E-state index is 12.2. The predicted octanol–water partition coefficient (Wildman–Crippen LogP) is 2.96. The van der Waals surface area contributed by atoms with Gasteiger partial charge in [-0.3, -0.25) is 4.79 Å². The van der Waals surface area contributed by atoms with Crippen LogP contribution in [0.4, 0.5) is 4.79 Å². The molecule has 1 aliphatic rings. The zero-order chi connectivity index (χ0) is 15.8. The molecule has 21 heavy (non-hydrogen) atoms. The van der Waals surface area contributed by atoms with Gasteiger partial charge in [0.15, 0.2) is 0 Å². The molecule has 0 heterocycles. The summed E-state index contributed by atoms with van der Waals surface area (Å²) in [4.78, 5) is 25.0. The van der Waals surface area contributed by atoms with Gasteiger partial charge in [-0.2, -0.15) is 0 Å². The molecule has 0 saturated heterocycles. The molecule has 1 saturated carbocycles. The number of amides is 2. The largest absolute Gasteiger partial charge is 0.481 e. The second-order valence-corrected chi connectivity index (χ2v) is 6.67. The lowest BCUT2D eigenvalue weighted by Crippen LogP contribution is -2.43. The van der Waals surface area contributed by atoms with Crippen LogP contribution in [0.15, 0.2) is 0 Å². The third-order valence-electron chi connectivity index (χ3n) is 3.77. The van der Waals surface area contributed by atoms with Crippen LogP contribution < -0.4 is 5.32 Å². The molecule has 0 aliphatic heterocycles. The summed E-state index contributed by atoms with van der Waals surface area (Å²) < 4.78 is 0. The number of nitrogens with one attached hydrogen (secondary N) is 1. The molecule has 0 spiro atoms. The lowest BCUT2D eigenvalue weighted by Gasteiger charge is -2.24. The Balaban J connectivity index is 2.42. The van der Waals surface area contributed by atoms with Gasteiger partial charge in [-0.25, -0.2) is 4.79 Å². The van der Waals surface area contributed by atoms with E-state index in [9.17, 15) is 9.59 Å². The number of nitrogens with zero attached hydrogens (tertiary/aromatic N) is 1. The molecule has 1 atom stereocenters. The van der Waals surface area contributed by atoms with Crippen molar-refractivity contribution in [2.45, 2.75) is 52.9 Å². The van der Waals surface area contributed by atoms with E-state index in [0.29, 0.717) is 18.4 Å². The fourth-order valence-electron chi connectivity index (χ4n) is 2.65. The summed E-state index contributed by atoms with van der Waals surface area (Å²) in [5.74, 6) is 0.325. The maximum Gasteiger partial charge on any atom is 0.317 e. The van der Waals surface area contributed by atoms with Crippen molar-refractivity contribution in [3.8, 4) is 0 Å². The molecule has 1 rings (SSSR count). The van der Waals surface area contributed by atoms with Gasteiger partial charge in [0.2, 0.25) is 0 Å². The van der Waals surface area contributed by atoms with Crippen LogP contribution in [0.1, 0.15) is 52.9 Å². The van der Waals surface area contributed by atoms with Gasteiger partial charge in [-0.05, 0) is 43.4 Å². The molecule has 2 amide bonds. The third-order valence-corrected chi connectivity index (χ3v) is 3.77. The monoisotopic (exact) mass is 298 g/mol. The molecular weight excluding hydrogens is 268 g/mol. The fraction of sp³-hybridized carbons (Fsp3) is 0.875. The van der Waals surface area contributed by atoms with Gasteiger partial charge in [0.25, 0.3) is 0 Å². The highest BCUT2D eigenvalue weighted by atomic mass is 16.4. The second kappa shape index (κ2) is 8.90. The highest BCUT2D eigenvalue weighted by Crippen LogP contribution is 2.29. The van der Waals surface area contributed by atoms with Crippen molar-refractivity contribution in [1.82, 2.24) is 10.2 Å². The first-order valence-corrected chi connectivity index (χ1v) is 8.16. The summed E-state index contributed by atoms with van der Waals surface area (Å²) in [6.07, 6.45) is 4.34. The molecule has 5 nitrogen and oxygen atoms in total. The number of carbonyl (C=O) groups is 2. The van der Waals surface area contributed by atoms with Gasteiger partial charge in [-0.15, -0.1) is 0 Å². The number of rotatable bonds is 10. The lowest BCUT2D eigenvalue weighted by atomic mass is 9.94. The SMILES string of the molecule is CCCN(CC1CC1)C(=O)NC[C@H](CC(=O)O)CC(C)C. The second-order valence-electron chi connectivity index (χ2n) is 6.67. The third kappa shape index (κ3) is 7.93. The van der Waals surface area contributed by atoms with Gasteiger partial charge >= 0.3 is 12.0 Å². The minimum Gasteiger partial charge on any atom is -0.481 e. The number of carbonyl (C=O) groups excluding carboxylic acids is 1. The zero-order valence-corrected chi connectivity index (χ0v) is 13.6. The first-order valence-electron chi connectivity index (χ1n) is 8.16. The predicted molar refractivity (Wildman–Crippen MR) is 83.2 cm³/mol. The van der Waals surface area contributed by atoms with E-state index in [4.69, 9.17) is 5.11 Å². The van der Waals surface area contributed by atoms with Crippen molar-refractivity contribution in [2.75, 3.05) is 19.6 Å². The summed E-state index contributed by atoms with van der Waals surface area (Å²) in [7, 11) is 0. The molecule has 0 unspecified atom stereocenters. The molecule has 1 fully saturated rings. The molecular formula is C16H30N2O3. The fourth-order valence-corrected chi connectivity index (χ4v) is 2.65. The quantitative estimate of drug-likeness (QED) is 0.651. The number of hydrogen-bond donors (Lipinski definition) is 2. The summed E-state index contributed by atoms with van der Waals surface area (Å²) >= 11 is 0. The molecule has 0 aromatic rings. The van der Waals surface area contributed by atoms with E-state index in [1.54, 1.807) is 0 Å². The first kappa shape index (κ1) is 17.8.